The first kappa shape index (κ1) is 31.2. The van der Waals surface area contributed by atoms with Crippen molar-refractivity contribution < 1.29 is 29.0 Å². The largest absolute Gasteiger partial charge is 0.481 e. The Morgan fingerprint density at radius 2 is 1.66 bits per heavy atom. The molecule has 0 saturated carbocycles. The number of ether oxygens (including phenoxy) is 1. The monoisotopic (exact) mass is 601 g/mol. The number of esters is 1. The van der Waals surface area contributed by atoms with Crippen LogP contribution in [0.25, 0.3) is 11.2 Å². The van der Waals surface area contributed by atoms with Crippen LogP contribution < -0.4 is 27.6 Å². The van der Waals surface area contributed by atoms with Gasteiger partial charge < -0.3 is 26.2 Å². The standard InChI is InChI=1S/C29H31N9O6/c1-38(14-20-13-33-26-24(34-20)25(30)35-29(31)36-26)21-9-6-17(7-10-21)22(39)12-19(8-11-23(40)41)28(43)44-15-16-2-4-18(5-3-16)27(42)37-32/h2-7,9-10,13,19H,8,11-12,14-15,32H2,1H3,(H,37,42)(H,40,41)(H4,30,31,33,35,36). The number of carbonyl (C=O) groups is 4. The van der Waals surface area contributed by atoms with Crippen molar-refractivity contribution >= 4 is 52.2 Å². The Morgan fingerprint density at radius 1 is 0.977 bits per heavy atom. The molecule has 228 valence electrons. The van der Waals surface area contributed by atoms with Gasteiger partial charge in [-0.15, -0.1) is 0 Å². The van der Waals surface area contributed by atoms with E-state index in [4.69, 9.17) is 27.2 Å². The van der Waals surface area contributed by atoms with Gasteiger partial charge in [-0.05, 0) is 48.4 Å². The highest BCUT2D eigenvalue weighted by molar-refractivity contribution is 5.98. The lowest BCUT2D eigenvalue weighted by Gasteiger charge is -2.19. The number of carbonyl (C=O) groups excluding carboxylic acids is 3. The van der Waals surface area contributed by atoms with Crippen molar-refractivity contribution in [1.29, 1.82) is 0 Å². The molecule has 1 unspecified atom stereocenters. The fourth-order valence-corrected chi connectivity index (χ4v) is 4.35. The number of amides is 1. The Bertz CT molecular complexity index is 1680. The predicted molar refractivity (Wildman–Crippen MR) is 160 cm³/mol. The first-order valence-electron chi connectivity index (χ1n) is 13.4. The summed E-state index contributed by atoms with van der Waals surface area (Å²) in [7, 11) is 1.84. The minimum atomic E-state index is -1.09. The average Bonchev–Trinajstić information content (AvgIpc) is 3.01. The zero-order chi connectivity index (χ0) is 31.8. The number of anilines is 3. The van der Waals surface area contributed by atoms with Crippen LogP contribution in [0.2, 0.25) is 0 Å². The number of ketones is 1. The number of Topliss-reactive ketones (excluding diaryl/α,β-unsaturated/α-hetero) is 1. The highest BCUT2D eigenvalue weighted by Crippen LogP contribution is 2.22. The van der Waals surface area contributed by atoms with Crippen molar-refractivity contribution in [2.24, 2.45) is 11.8 Å². The molecule has 2 heterocycles. The molecule has 4 aromatic rings. The van der Waals surface area contributed by atoms with Gasteiger partial charge in [-0.1, -0.05) is 12.1 Å². The number of nitrogens with one attached hydrogen (secondary N) is 1. The summed E-state index contributed by atoms with van der Waals surface area (Å²) in [6.07, 6.45) is 0.972. The lowest BCUT2D eigenvalue weighted by molar-refractivity contribution is -0.150. The fraction of sp³-hybridized carbons (Fsp3) is 0.241. The summed E-state index contributed by atoms with van der Waals surface area (Å²) < 4.78 is 5.38. The molecule has 0 saturated heterocycles. The normalized spacial score (nSPS) is 11.5. The van der Waals surface area contributed by atoms with E-state index in [0.29, 0.717) is 40.1 Å². The molecule has 15 nitrogen and oxygen atoms in total. The highest BCUT2D eigenvalue weighted by atomic mass is 16.5. The molecule has 44 heavy (non-hydrogen) atoms. The Kier molecular flexibility index (Phi) is 9.92. The second-order valence-electron chi connectivity index (χ2n) is 9.94. The zero-order valence-corrected chi connectivity index (χ0v) is 23.8. The molecular weight excluding hydrogens is 570 g/mol. The Balaban J connectivity index is 1.38. The molecule has 0 spiro atoms. The maximum Gasteiger partial charge on any atom is 0.309 e. The Labute approximate surface area is 251 Å². The molecule has 1 atom stereocenters. The van der Waals surface area contributed by atoms with E-state index in [1.807, 2.05) is 17.4 Å². The number of nitrogens with two attached hydrogens (primary N) is 3. The maximum atomic E-state index is 13.1. The number of hydrogen-bond donors (Lipinski definition) is 5. The fourth-order valence-electron chi connectivity index (χ4n) is 4.35. The number of carboxylic acids is 1. The van der Waals surface area contributed by atoms with Gasteiger partial charge in [0.25, 0.3) is 5.91 Å². The molecule has 0 radical (unpaired) electrons. The Morgan fingerprint density at radius 3 is 2.32 bits per heavy atom. The van der Waals surface area contributed by atoms with Crippen LogP contribution in [0.3, 0.4) is 0 Å². The van der Waals surface area contributed by atoms with Crippen molar-refractivity contribution in [2.75, 3.05) is 23.4 Å². The summed E-state index contributed by atoms with van der Waals surface area (Å²) >= 11 is 0. The Hall–Kier alpha value is -5.70. The summed E-state index contributed by atoms with van der Waals surface area (Å²) in [6.45, 7) is 0.253. The van der Waals surface area contributed by atoms with Crippen LogP contribution in [0.4, 0.5) is 17.5 Å². The van der Waals surface area contributed by atoms with Gasteiger partial charge in [0.1, 0.15) is 6.61 Å². The van der Waals surface area contributed by atoms with Gasteiger partial charge in [0, 0.05) is 36.7 Å². The summed E-state index contributed by atoms with van der Waals surface area (Å²) in [5, 5.41) is 9.15. The van der Waals surface area contributed by atoms with Crippen LogP contribution in [-0.2, 0) is 27.5 Å². The van der Waals surface area contributed by atoms with Gasteiger partial charge in [0.2, 0.25) is 5.95 Å². The summed E-state index contributed by atoms with van der Waals surface area (Å²) in [5.41, 5.74) is 16.9. The highest BCUT2D eigenvalue weighted by Gasteiger charge is 2.25. The first-order valence-corrected chi connectivity index (χ1v) is 13.4. The van der Waals surface area contributed by atoms with Crippen LogP contribution in [0.1, 0.15) is 51.2 Å². The number of nitrogen functional groups attached to an aromatic ring is 3. The third kappa shape index (κ3) is 7.98. The number of hydrazine groups is 1. The minimum Gasteiger partial charge on any atom is -0.481 e. The molecule has 15 heteroatoms. The van der Waals surface area contributed by atoms with Crippen LogP contribution >= 0.6 is 0 Å². The van der Waals surface area contributed by atoms with E-state index in [9.17, 15) is 19.2 Å². The van der Waals surface area contributed by atoms with E-state index in [2.05, 4.69) is 19.9 Å². The van der Waals surface area contributed by atoms with Crippen molar-refractivity contribution in [3.05, 3.63) is 77.1 Å². The number of carboxylic acid groups (broad SMARTS) is 1. The van der Waals surface area contributed by atoms with Gasteiger partial charge >= 0.3 is 11.9 Å². The average molecular weight is 602 g/mol. The molecule has 0 fully saturated rings. The van der Waals surface area contributed by atoms with Gasteiger partial charge in [0.05, 0.1) is 24.4 Å². The number of rotatable bonds is 13. The number of fused-ring (bicyclic) bond motifs is 1. The molecule has 0 aliphatic heterocycles. The van der Waals surface area contributed by atoms with E-state index >= 15 is 0 Å². The maximum absolute atomic E-state index is 13.1. The number of benzene rings is 2. The van der Waals surface area contributed by atoms with Gasteiger partial charge in [-0.25, -0.2) is 15.8 Å². The van der Waals surface area contributed by atoms with Gasteiger partial charge in [-0.3, -0.25) is 24.6 Å². The van der Waals surface area contributed by atoms with Crippen LogP contribution in [0.5, 0.6) is 0 Å². The third-order valence-corrected chi connectivity index (χ3v) is 6.73. The molecule has 2 aromatic carbocycles. The number of hydrogen-bond acceptors (Lipinski definition) is 13. The lowest BCUT2D eigenvalue weighted by Crippen LogP contribution is -2.29. The number of aliphatic carboxylic acids is 1. The SMILES string of the molecule is CN(Cc1cnc2nc(N)nc(N)c2n1)c1ccc(C(=O)CC(CCC(=O)O)C(=O)OCc2ccc(C(=O)NN)cc2)cc1. The van der Waals surface area contributed by atoms with E-state index in [0.717, 1.165) is 5.69 Å². The number of nitrogens with zero attached hydrogens (tertiary/aromatic N) is 5. The third-order valence-electron chi connectivity index (χ3n) is 6.73. The van der Waals surface area contributed by atoms with Gasteiger partial charge in [0.15, 0.2) is 22.8 Å². The van der Waals surface area contributed by atoms with Crippen LogP contribution in [0.15, 0.2) is 54.7 Å². The molecular formula is C29H31N9O6. The second-order valence-corrected chi connectivity index (χ2v) is 9.94. The quantitative estimate of drug-likeness (QED) is 0.0481. The smallest absolute Gasteiger partial charge is 0.309 e. The van der Waals surface area contributed by atoms with E-state index < -0.39 is 23.8 Å². The summed E-state index contributed by atoms with van der Waals surface area (Å²) in [4.78, 5) is 67.3. The predicted octanol–water partition coefficient (Wildman–Crippen LogP) is 1.62. The van der Waals surface area contributed by atoms with E-state index in [-0.39, 0.29) is 43.4 Å². The van der Waals surface area contributed by atoms with Crippen LogP contribution in [-0.4, -0.2) is 55.7 Å². The molecule has 0 aliphatic carbocycles. The van der Waals surface area contributed by atoms with Crippen molar-refractivity contribution in [2.45, 2.75) is 32.4 Å². The molecule has 4 rings (SSSR count). The molecule has 2 aromatic heterocycles. The summed E-state index contributed by atoms with van der Waals surface area (Å²) in [6, 6.07) is 13.0. The first-order chi connectivity index (χ1) is 21.0. The zero-order valence-electron chi connectivity index (χ0n) is 23.8. The van der Waals surface area contributed by atoms with Crippen molar-refractivity contribution in [3.8, 4) is 0 Å². The molecule has 0 aliphatic rings. The molecule has 1 amide bonds. The van der Waals surface area contributed by atoms with Crippen molar-refractivity contribution in [3.63, 3.8) is 0 Å². The van der Waals surface area contributed by atoms with Crippen LogP contribution in [0, 0.1) is 5.92 Å². The minimum absolute atomic E-state index is 0.0104. The second kappa shape index (κ2) is 14.0. The topological polar surface area (TPSA) is 243 Å². The van der Waals surface area contributed by atoms with Gasteiger partial charge in [-0.2, -0.15) is 9.97 Å². The van der Waals surface area contributed by atoms with Crippen molar-refractivity contribution in [1.82, 2.24) is 25.4 Å². The molecule has 0 bridgehead atoms. The van der Waals surface area contributed by atoms with E-state index in [1.165, 1.54) is 12.1 Å². The van der Waals surface area contributed by atoms with E-state index in [1.54, 1.807) is 42.6 Å². The number of aromatic nitrogens is 4. The summed E-state index contributed by atoms with van der Waals surface area (Å²) in [5.74, 6) is 1.73. The lowest BCUT2D eigenvalue weighted by atomic mass is 9.94. The molecule has 8 N–H and O–H groups in total.